The van der Waals surface area contributed by atoms with Crippen LogP contribution < -0.4 is 5.32 Å². The van der Waals surface area contributed by atoms with Crippen molar-refractivity contribution in [3.8, 4) is 0 Å². The maximum Gasteiger partial charge on any atom is 0.338 e. The fraction of sp³-hybridized carbons (Fsp3) is 0.222. The van der Waals surface area contributed by atoms with Gasteiger partial charge in [0.2, 0.25) is 0 Å². The number of nitro groups is 1. The van der Waals surface area contributed by atoms with Crippen molar-refractivity contribution < 1.29 is 23.6 Å². The van der Waals surface area contributed by atoms with Crippen LogP contribution in [-0.2, 0) is 4.74 Å². The molecule has 0 aromatic heterocycles. The van der Waals surface area contributed by atoms with Crippen LogP contribution in [0.3, 0.4) is 0 Å². The summed E-state index contributed by atoms with van der Waals surface area (Å²) in [5.41, 5.74) is 1.19. The number of esters is 1. The largest absolute Gasteiger partial charge is 0.465 e. The topological polar surface area (TPSA) is 98.5 Å². The lowest BCUT2D eigenvalue weighted by molar-refractivity contribution is -0.385. The number of methoxy groups -OCH3 is 1. The minimum atomic E-state index is -0.848. The molecule has 136 valence electrons. The Morgan fingerprint density at radius 2 is 1.77 bits per heavy atom. The van der Waals surface area contributed by atoms with Crippen LogP contribution in [0.1, 0.15) is 37.4 Å². The van der Waals surface area contributed by atoms with Gasteiger partial charge in [-0.25, -0.2) is 9.18 Å². The molecule has 0 saturated heterocycles. The van der Waals surface area contributed by atoms with Gasteiger partial charge in [-0.1, -0.05) is 0 Å². The van der Waals surface area contributed by atoms with Gasteiger partial charge in [0.1, 0.15) is 5.82 Å². The van der Waals surface area contributed by atoms with Crippen molar-refractivity contribution in [2.45, 2.75) is 20.8 Å². The van der Waals surface area contributed by atoms with E-state index in [4.69, 9.17) is 4.74 Å². The van der Waals surface area contributed by atoms with Crippen molar-refractivity contribution in [2.75, 3.05) is 12.4 Å². The number of hydrogen-bond donors (Lipinski definition) is 1. The van der Waals surface area contributed by atoms with Gasteiger partial charge in [-0.05, 0) is 50.1 Å². The van der Waals surface area contributed by atoms with Crippen molar-refractivity contribution in [3.63, 3.8) is 0 Å². The molecule has 1 N–H and O–H groups in total. The molecule has 0 radical (unpaired) electrons. The molecule has 0 unspecified atom stereocenters. The van der Waals surface area contributed by atoms with E-state index in [0.29, 0.717) is 11.3 Å². The van der Waals surface area contributed by atoms with Crippen LogP contribution in [0.25, 0.3) is 0 Å². The van der Waals surface area contributed by atoms with Gasteiger partial charge in [-0.15, -0.1) is 0 Å². The Hall–Kier alpha value is -3.29. The van der Waals surface area contributed by atoms with Crippen LogP contribution in [-0.4, -0.2) is 23.9 Å². The van der Waals surface area contributed by atoms with Crippen molar-refractivity contribution >= 4 is 23.3 Å². The fourth-order valence-corrected chi connectivity index (χ4v) is 2.44. The molecular weight excluding hydrogens is 343 g/mol. The molecule has 1 amide bonds. The van der Waals surface area contributed by atoms with E-state index < -0.39 is 28.3 Å². The average Bonchev–Trinajstić information content (AvgIpc) is 2.58. The molecule has 0 aliphatic rings. The molecule has 2 aromatic carbocycles. The normalized spacial score (nSPS) is 10.3. The number of amides is 1. The van der Waals surface area contributed by atoms with E-state index >= 15 is 0 Å². The van der Waals surface area contributed by atoms with E-state index in [9.17, 15) is 24.1 Å². The number of carbonyl (C=O) groups excluding carboxylic acids is 2. The Kier molecular flexibility index (Phi) is 5.35. The molecule has 0 bridgehead atoms. The van der Waals surface area contributed by atoms with Gasteiger partial charge in [-0.3, -0.25) is 14.9 Å². The molecule has 0 saturated carbocycles. The number of anilines is 1. The van der Waals surface area contributed by atoms with Gasteiger partial charge in [0.25, 0.3) is 11.6 Å². The first-order valence-corrected chi connectivity index (χ1v) is 7.61. The monoisotopic (exact) mass is 360 g/mol. The molecule has 7 nitrogen and oxygen atoms in total. The average molecular weight is 360 g/mol. The number of hydrogen-bond acceptors (Lipinski definition) is 5. The Morgan fingerprint density at radius 1 is 1.12 bits per heavy atom. The van der Waals surface area contributed by atoms with E-state index in [1.165, 1.54) is 20.1 Å². The summed E-state index contributed by atoms with van der Waals surface area (Å²) in [6.07, 6.45) is 0. The highest BCUT2D eigenvalue weighted by atomic mass is 19.1. The number of rotatable bonds is 4. The van der Waals surface area contributed by atoms with Gasteiger partial charge in [-0.2, -0.15) is 0 Å². The summed E-state index contributed by atoms with van der Waals surface area (Å²) >= 11 is 0. The number of carbonyl (C=O) groups is 2. The first-order valence-electron chi connectivity index (χ1n) is 7.61. The molecular formula is C18H17FN2O5. The number of benzene rings is 2. The summed E-state index contributed by atoms with van der Waals surface area (Å²) in [6, 6.07) is 5.01. The Bertz CT molecular complexity index is 924. The lowest BCUT2D eigenvalue weighted by atomic mass is 10.0. The lowest BCUT2D eigenvalue weighted by Crippen LogP contribution is -2.15. The molecule has 2 aromatic rings. The van der Waals surface area contributed by atoms with Gasteiger partial charge in [0, 0.05) is 17.3 Å². The number of nitrogens with zero attached hydrogens (tertiary/aromatic N) is 1. The third kappa shape index (κ3) is 3.69. The van der Waals surface area contributed by atoms with Crippen molar-refractivity contribution in [1.82, 2.24) is 0 Å². The highest BCUT2D eigenvalue weighted by Crippen LogP contribution is 2.25. The number of halogens is 1. The zero-order chi connectivity index (χ0) is 19.6. The molecule has 0 heterocycles. The minimum absolute atomic E-state index is 0.147. The molecule has 0 atom stereocenters. The lowest BCUT2D eigenvalue weighted by Gasteiger charge is -2.12. The third-order valence-electron chi connectivity index (χ3n) is 4.11. The predicted octanol–water partition coefficient (Wildman–Crippen LogP) is 3.70. The number of ether oxygens (including phenoxy) is 1. The zero-order valence-corrected chi connectivity index (χ0v) is 14.7. The summed E-state index contributed by atoms with van der Waals surface area (Å²) in [7, 11) is 1.25. The quantitative estimate of drug-likeness (QED) is 0.509. The minimum Gasteiger partial charge on any atom is -0.465 e. The molecule has 0 aliphatic heterocycles. The van der Waals surface area contributed by atoms with E-state index in [0.717, 1.165) is 17.7 Å². The number of aryl methyl sites for hydroxylation is 1. The Balaban J connectivity index is 2.41. The molecule has 0 spiro atoms. The van der Waals surface area contributed by atoms with Gasteiger partial charge < -0.3 is 10.1 Å². The van der Waals surface area contributed by atoms with Crippen LogP contribution >= 0.6 is 0 Å². The first kappa shape index (κ1) is 19.0. The number of nitrogens with one attached hydrogen (secondary N) is 1. The summed E-state index contributed by atoms with van der Waals surface area (Å²) in [4.78, 5) is 34.5. The van der Waals surface area contributed by atoms with Crippen LogP contribution in [0.4, 0.5) is 15.8 Å². The smallest absolute Gasteiger partial charge is 0.338 e. The van der Waals surface area contributed by atoms with Gasteiger partial charge in [0.15, 0.2) is 0 Å². The van der Waals surface area contributed by atoms with E-state index in [1.807, 2.05) is 0 Å². The third-order valence-corrected chi connectivity index (χ3v) is 4.11. The summed E-state index contributed by atoms with van der Waals surface area (Å²) < 4.78 is 18.6. The second-order valence-electron chi connectivity index (χ2n) is 5.77. The summed E-state index contributed by atoms with van der Waals surface area (Å²) in [5.74, 6) is -2.13. The molecule has 26 heavy (non-hydrogen) atoms. The van der Waals surface area contributed by atoms with Crippen LogP contribution in [0.5, 0.6) is 0 Å². The van der Waals surface area contributed by atoms with Crippen LogP contribution in [0.15, 0.2) is 24.3 Å². The zero-order valence-electron chi connectivity index (χ0n) is 14.7. The Labute approximate surface area is 148 Å². The SMILES string of the molecule is COC(=O)c1cc(NC(=O)c2cc(F)c(C)c([N+](=O)[O-])c2)cc(C)c1C. The highest BCUT2D eigenvalue weighted by molar-refractivity contribution is 6.05. The first-order chi connectivity index (χ1) is 12.1. The maximum atomic E-state index is 13.9. The maximum absolute atomic E-state index is 13.9. The van der Waals surface area contributed by atoms with E-state index in [1.54, 1.807) is 19.9 Å². The van der Waals surface area contributed by atoms with Gasteiger partial charge >= 0.3 is 5.97 Å². The standard InChI is InChI=1S/C18H17FN2O5/c1-9-5-13(8-14(10(9)2)18(23)26-4)20-17(22)12-6-15(19)11(3)16(7-12)21(24)25/h5-8H,1-4H3,(H,20,22). The second-order valence-corrected chi connectivity index (χ2v) is 5.77. The fourth-order valence-electron chi connectivity index (χ4n) is 2.44. The highest BCUT2D eigenvalue weighted by Gasteiger charge is 2.20. The van der Waals surface area contributed by atoms with Crippen molar-refractivity contribution in [1.29, 1.82) is 0 Å². The summed E-state index contributed by atoms with van der Waals surface area (Å²) in [5, 5.41) is 13.5. The van der Waals surface area contributed by atoms with Gasteiger partial charge in [0.05, 0.1) is 23.2 Å². The molecule has 8 heteroatoms. The van der Waals surface area contributed by atoms with E-state index in [2.05, 4.69) is 5.32 Å². The van der Waals surface area contributed by atoms with Crippen molar-refractivity contribution in [2.24, 2.45) is 0 Å². The predicted molar refractivity (Wildman–Crippen MR) is 93.0 cm³/mol. The molecule has 0 fully saturated rings. The Morgan fingerprint density at radius 3 is 2.35 bits per heavy atom. The number of nitro benzene ring substituents is 1. The van der Waals surface area contributed by atoms with Crippen LogP contribution in [0.2, 0.25) is 0 Å². The summed E-state index contributed by atoms with van der Waals surface area (Å²) in [6.45, 7) is 4.76. The molecule has 2 rings (SSSR count). The second kappa shape index (κ2) is 7.30. The molecule has 0 aliphatic carbocycles. The van der Waals surface area contributed by atoms with E-state index in [-0.39, 0.29) is 16.7 Å². The van der Waals surface area contributed by atoms with Crippen LogP contribution in [0, 0.1) is 36.7 Å². The van der Waals surface area contributed by atoms with Crippen molar-refractivity contribution in [3.05, 3.63) is 68.0 Å².